The second-order valence-corrected chi connectivity index (χ2v) is 8.51. The summed E-state index contributed by atoms with van der Waals surface area (Å²) in [6.45, 7) is -2.66. The number of rotatable bonds is 7. The average molecular weight is 491 g/mol. The smallest absolute Gasteiger partial charge is 0.331 e. The van der Waals surface area contributed by atoms with Crippen LogP contribution in [0.5, 0.6) is 0 Å². The molecule has 0 bridgehead atoms. The number of carbonyl (C=O) groups excluding carboxylic acids is 1. The molecular formula is C19H19BrClF2N3O3. The summed E-state index contributed by atoms with van der Waals surface area (Å²) >= 11 is 9.68. The summed E-state index contributed by atoms with van der Waals surface area (Å²) in [6.07, 6.45) is 2.79. The van der Waals surface area contributed by atoms with Crippen LogP contribution >= 0.6 is 27.5 Å². The standard InChI is InChI=1S/C19H19BrClF2N3O3/c20-11-1-2-12(14(21)6-11)13-7-19(13)3-4-26(17(19)29)15(16(27)28)5-10(8-24)9-25-18(22)23/h1-2,6,8-9,13,15,18H,3-5,7,24H2,(H,27,28)/b10-8-,25-9+/t13-,15-,19+/m1/s1. The van der Waals surface area contributed by atoms with Gasteiger partial charge in [0.05, 0.1) is 5.41 Å². The molecular weight excluding hydrogens is 472 g/mol. The van der Waals surface area contributed by atoms with Gasteiger partial charge in [0, 0.05) is 34.6 Å². The van der Waals surface area contributed by atoms with E-state index in [2.05, 4.69) is 20.9 Å². The van der Waals surface area contributed by atoms with Crippen molar-refractivity contribution in [3.05, 3.63) is 45.0 Å². The van der Waals surface area contributed by atoms with Gasteiger partial charge in [0.1, 0.15) is 6.04 Å². The van der Waals surface area contributed by atoms with E-state index in [1.165, 1.54) is 4.90 Å². The fourth-order valence-corrected chi connectivity index (χ4v) is 4.80. The number of nitrogens with two attached hydrogens (primary N) is 1. The van der Waals surface area contributed by atoms with Gasteiger partial charge in [0.2, 0.25) is 5.91 Å². The highest BCUT2D eigenvalue weighted by atomic mass is 79.9. The van der Waals surface area contributed by atoms with Crippen LogP contribution in [0.25, 0.3) is 0 Å². The van der Waals surface area contributed by atoms with Gasteiger partial charge in [-0.05, 0) is 42.3 Å². The summed E-state index contributed by atoms with van der Waals surface area (Å²) < 4.78 is 25.4. The molecule has 29 heavy (non-hydrogen) atoms. The molecule has 1 saturated heterocycles. The first-order valence-corrected chi connectivity index (χ1v) is 10.1. The van der Waals surface area contributed by atoms with Gasteiger partial charge in [-0.25, -0.2) is 9.79 Å². The number of carboxylic acids is 1. The third-order valence-corrected chi connectivity index (χ3v) is 6.38. The zero-order valence-corrected chi connectivity index (χ0v) is 17.5. The Labute approximate surface area is 179 Å². The Morgan fingerprint density at radius 2 is 2.24 bits per heavy atom. The van der Waals surface area contributed by atoms with Crippen molar-refractivity contribution < 1.29 is 23.5 Å². The number of benzene rings is 1. The van der Waals surface area contributed by atoms with E-state index in [4.69, 9.17) is 17.3 Å². The number of aliphatic imine (C=N–C) groups is 1. The zero-order chi connectivity index (χ0) is 21.3. The Morgan fingerprint density at radius 3 is 2.83 bits per heavy atom. The number of carboxylic acid groups (broad SMARTS) is 1. The van der Waals surface area contributed by atoms with E-state index in [9.17, 15) is 23.5 Å². The minimum atomic E-state index is -2.92. The monoisotopic (exact) mass is 489 g/mol. The number of hydrogen-bond donors (Lipinski definition) is 2. The molecule has 3 rings (SSSR count). The normalized spacial score (nSPS) is 25.4. The lowest BCUT2D eigenvalue weighted by atomic mass is 9.97. The van der Waals surface area contributed by atoms with Gasteiger partial charge in [0.15, 0.2) is 0 Å². The van der Waals surface area contributed by atoms with E-state index in [0.29, 0.717) is 17.9 Å². The molecule has 1 aliphatic heterocycles. The molecule has 156 valence electrons. The molecule has 2 fully saturated rings. The predicted molar refractivity (Wildman–Crippen MR) is 108 cm³/mol. The summed E-state index contributed by atoms with van der Waals surface area (Å²) in [7, 11) is 0. The van der Waals surface area contributed by atoms with Crippen molar-refractivity contribution in [1.82, 2.24) is 4.90 Å². The van der Waals surface area contributed by atoms with E-state index < -0.39 is 24.0 Å². The molecule has 1 saturated carbocycles. The highest BCUT2D eigenvalue weighted by molar-refractivity contribution is 9.10. The second-order valence-electron chi connectivity index (χ2n) is 7.18. The first kappa shape index (κ1) is 21.7. The zero-order valence-electron chi connectivity index (χ0n) is 15.2. The third kappa shape index (κ3) is 4.30. The molecule has 0 unspecified atom stereocenters. The number of aliphatic carboxylic acids is 1. The number of carbonyl (C=O) groups is 2. The number of hydrogen-bond acceptors (Lipinski definition) is 4. The van der Waals surface area contributed by atoms with E-state index in [0.717, 1.165) is 22.5 Å². The van der Waals surface area contributed by atoms with Crippen LogP contribution in [-0.2, 0) is 9.59 Å². The molecule has 1 aromatic rings. The van der Waals surface area contributed by atoms with Crippen molar-refractivity contribution in [3.63, 3.8) is 0 Å². The number of halogens is 4. The fourth-order valence-electron chi connectivity index (χ4n) is 3.99. The second kappa shape index (κ2) is 8.39. The fraction of sp³-hybridized carbons (Fsp3) is 0.421. The molecule has 0 radical (unpaired) electrons. The Hall–Kier alpha value is -2.00. The van der Waals surface area contributed by atoms with Crippen LogP contribution in [0.2, 0.25) is 5.02 Å². The number of amides is 1. The minimum absolute atomic E-state index is 0.0695. The number of alkyl halides is 2. The Balaban J connectivity index is 1.78. The molecule has 1 spiro atoms. The van der Waals surface area contributed by atoms with E-state index >= 15 is 0 Å². The quantitative estimate of drug-likeness (QED) is 0.449. The van der Waals surface area contributed by atoms with E-state index in [-0.39, 0.29) is 30.4 Å². The molecule has 0 aromatic heterocycles. The van der Waals surface area contributed by atoms with E-state index in [1.54, 1.807) is 6.07 Å². The molecule has 1 heterocycles. The topological polar surface area (TPSA) is 96.0 Å². The first-order chi connectivity index (χ1) is 13.7. The summed E-state index contributed by atoms with van der Waals surface area (Å²) in [5, 5.41) is 10.2. The van der Waals surface area contributed by atoms with Crippen molar-refractivity contribution in [1.29, 1.82) is 0 Å². The molecule has 1 amide bonds. The van der Waals surface area contributed by atoms with Gasteiger partial charge in [-0.2, -0.15) is 8.78 Å². The van der Waals surface area contributed by atoms with Crippen molar-refractivity contribution >= 4 is 45.6 Å². The first-order valence-electron chi connectivity index (χ1n) is 8.90. The molecule has 6 nitrogen and oxygen atoms in total. The highest BCUT2D eigenvalue weighted by Gasteiger charge is 2.65. The van der Waals surface area contributed by atoms with Crippen LogP contribution in [0.3, 0.4) is 0 Å². The van der Waals surface area contributed by atoms with Gasteiger partial charge in [-0.15, -0.1) is 0 Å². The van der Waals surface area contributed by atoms with Crippen LogP contribution in [0, 0.1) is 5.41 Å². The Morgan fingerprint density at radius 1 is 1.52 bits per heavy atom. The average Bonchev–Trinajstić information content (AvgIpc) is 3.29. The Kier molecular flexibility index (Phi) is 6.28. The summed E-state index contributed by atoms with van der Waals surface area (Å²) in [5.41, 5.74) is 5.75. The Bertz CT molecular complexity index is 895. The predicted octanol–water partition coefficient (Wildman–Crippen LogP) is 3.79. The lowest BCUT2D eigenvalue weighted by molar-refractivity contribution is -0.149. The molecule has 3 N–H and O–H groups in total. The number of nitrogens with zero attached hydrogens (tertiary/aromatic N) is 2. The minimum Gasteiger partial charge on any atom is -0.480 e. The molecule has 2 aliphatic rings. The van der Waals surface area contributed by atoms with Crippen LogP contribution in [0.1, 0.15) is 30.7 Å². The SMILES string of the molecule is N/C=C(\C=N\C(F)F)C[C@H](C(=O)O)N1CC[C@@]2(C[C@@H]2c2ccc(Br)cc2Cl)C1=O. The van der Waals surface area contributed by atoms with Crippen LogP contribution in [0.15, 0.2) is 39.4 Å². The lowest BCUT2D eigenvalue weighted by Gasteiger charge is -2.25. The summed E-state index contributed by atoms with van der Waals surface area (Å²) in [4.78, 5) is 29.2. The molecule has 1 aromatic carbocycles. The van der Waals surface area contributed by atoms with Crippen molar-refractivity contribution in [2.75, 3.05) is 6.54 Å². The maximum Gasteiger partial charge on any atom is 0.331 e. The number of likely N-dealkylation sites (tertiary alicyclic amines) is 1. The van der Waals surface area contributed by atoms with Gasteiger partial charge in [-0.1, -0.05) is 33.6 Å². The van der Waals surface area contributed by atoms with Crippen molar-refractivity contribution in [2.45, 2.75) is 37.8 Å². The molecule has 10 heteroatoms. The summed E-state index contributed by atoms with van der Waals surface area (Å²) in [5.74, 6) is -1.55. The third-order valence-electron chi connectivity index (χ3n) is 5.56. The van der Waals surface area contributed by atoms with Gasteiger partial charge < -0.3 is 15.7 Å². The van der Waals surface area contributed by atoms with E-state index in [1.807, 2.05) is 12.1 Å². The van der Waals surface area contributed by atoms with Crippen molar-refractivity contribution in [2.24, 2.45) is 16.1 Å². The molecule has 3 atom stereocenters. The maximum absolute atomic E-state index is 13.1. The van der Waals surface area contributed by atoms with Crippen LogP contribution < -0.4 is 5.73 Å². The van der Waals surface area contributed by atoms with Gasteiger partial charge in [0.25, 0.3) is 0 Å². The highest BCUT2D eigenvalue weighted by Crippen LogP contribution is 2.66. The lowest BCUT2D eigenvalue weighted by Crippen LogP contribution is -2.43. The molecule has 1 aliphatic carbocycles. The van der Waals surface area contributed by atoms with Crippen LogP contribution in [0.4, 0.5) is 8.78 Å². The van der Waals surface area contributed by atoms with Crippen molar-refractivity contribution in [3.8, 4) is 0 Å². The largest absolute Gasteiger partial charge is 0.480 e. The maximum atomic E-state index is 13.1. The van der Waals surface area contributed by atoms with Crippen LogP contribution in [-0.4, -0.2) is 47.2 Å². The van der Waals surface area contributed by atoms with Gasteiger partial charge >= 0.3 is 12.5 Å². The summed E-state index contributed by atoms with van der Waals surface area (Å²) in [6, 6.07) is 4.28. The van der Waals surface area contributed by atoms with Gasteiger partial charge in [-0.3, -0.25) is 4.79 Å².